The van der Waals surface area contributed by atoms with Gasteiger partial charge in [-0.15, -0.1) is 0 Å². The van der Waals surface area contributed by atoms with Crippen LogP contribution in [0.1, 0.15) is 27.2 Å². The molecule has 0 radical (unpaired) electrons. The van der Waals surface area contributed by atoms with Gasteiger partial charge in [0.05, 0.1) is 25.4 Å². The lowest BCUT2D eigenvalue weighted by molar-refractivity contribution is -0.0195. The predicted octanol–water partition coefficient (Wildman–Crippen LogP) is 1.12. The maximum Gasteiger partial charge on any atom is 0.0658 e. The van der Waals surface area contributed by atoms with Crippen molar-refractivity contribution >= 4 is 0 Å². The van der Waals surface area contributed by atoms with Crippen LogP contribution in [-0.4, -0.2) is 70.2 Å². The largest absolute Gasteiger partial charge is 0.383 e. The highest BCUT2D eigenvalue weighted by Crippen LogP contribution is 2.19. The minimum Gasteiger partial charge on any atom is -0.383 e. The first-order valence-electron chi connectivity index (χ1n) is 7.30. The van der Waals surface area contributed by atoms with Gasteiger partial charge < -0.3 is 19.9 Å². The molecule has 1 unspecified atom stereocenters. The Hall–Kier alpha value is -0.200. The molecule has 0 aromatic carbocycles. The zero-order chi connectivity index (χ0) is 14.6. The van der Waals surface area contributed by atoms with Gasteiger partial charge >= 0.3 is 0 Å². The van der Waals surface area contributed by atoms with E-state index in [1.54, 1.807) is 7.11 Å². The van der Waals surface area contributed by atoms with Gasteiger partial charge in [0, 0.05) is 40.0 Å². The normalized spacial score (nSPS) is 14.8. The summed E-state index contributed by atoms with van der Waals surface area (Å²) in [4.78, 5) is 2.35. The number of rotatable bonds is 13. The highest BCUT2D eigenvalue weighted by Gasteiger charge is 2.33. The van der Waals surface area contributed by atoms with Crippen molar-refractivity contribution in [2.45, 2.75) is 32.7 Å². The van der Waals surface area contributed by atoms with Crippen molar-refractivity contribution in [2.75, 3.05) is 59.8 Å². The molecule has 0 aliphatic carbocycles. The molecule has 0 fully saturated rings. The third-order valence-electron chi connectivity index (χ3n) is 3.54. The fourth-order valence-corrected chi connectivity index (χ4v) is 2.24. The van der Waals surface area contributed by atoms with Crippen LogP contribution < -0.4 is 5.73 Å². The number of ether oxygens (including phenoxy) is 3. The van der Waals surface area contributed by atoms with E-state index in [1.165, 1.54) is 0 Å². The molecule has 0 amide bonds. The Labute approximate surface area is 118 Å². The summed E-state index contributed by atoms with van der Waals surface area (Å²) < 4.78 is 16.3. The smallest absolute Gasteiger partial charge is 0.0658 e. The Bertz CT molecular complexity index is 189. The van der Waals surface area contributed by atoms with Gasteiger partial charge in [-0.1, -0.05) is 6.92 Å². The van der Waals surface area contributed by atoms with E-state index >= 15 is 0 Å². The van der Waals surface area contributed by atoms with Crippen molar-refractivity contribution in [1.29, 1.82) is 0 Å². The second-order valence-corrected chi connectivity index (χ2v) is 4.60. The summed E-state index contributed by atoms with van der Waals surface area (Å²) in [6.45, 7) is 12.0. The molecule has 0 aromatic heterocycles. The highest BCUT2D eigenvalue weighted by molar-refractivity contribution is 4.90. The van der Waals surface area contributed by atoms with Gasteiger partial charge in [-0.05, 0) is 20.3 Å². The first-order valence-corrected chi connectivity index (χ1v) is 7.30. The van der Waals surface area contributed by atoms with Crippen molar-refractivity contribution < 1.29 is 14.2 Å². The Morgan fingerprint density at radius 2 is 1.53 bits per heavy atom. The summed E-state index contributed by atoms with van der Waals surface area (Å²) in [5.41, 5.74) is 5.89. The first kappa shape index (κ1) is 18.8. The van der Waals surface area contributed by atoms with E-state index in [0.29, 0.717) is 26.4 Å². The van der Waals surface area contributed by atoms with Crippen LogP contribution in [0.15, 0.2) is 0 Å². The van der Waals surface area contributed by atoms with E-state index < -0.39 is 0 Å². The van der Waals surface area contributed by atoms with Crippen LogP contribution in [0.3, 0.4) is 0 Å². The first-order chi connectivity index (χ1) is 9.20. The standard InChI is InChI=1S/C14H32N2O3/c1-5-14(12-15,13-17-4)16(8-10-18-6-2)9-11-19-7-3/h5-13,15H2,1-4H3. The summed E-state index contributed by atoms with van der Waals surface area (Å²) in [5, 5.41) is 0. The molecule has 5 nitrogen and oxygen atoms in total. The molecule has 2 N–H and O–H groups in total. The number of hydrogen-bond acceptors (Lipinski definition) is 5. The fourth-order valence-electron chi connectivity index (χ4n) is 2.24. The summed E-state index contributed by atoms with van der Waals surface area (Å²) >= 11 is 0. The third kappa shape index (κ3) is 6.68. The second kappa shape index (κ2) is 11.6. The fraction of sp³-hybridized carbons (Fsp3) is 1.00. The molecule has 0 saturated heterocycles. The lowest BCUT2D eigenvalue weighted by atomic mass is 9.94. The van der Waals surface area contributed by atoms with Gasteiger partial charge in [0.1, 0.15) is 0 Å². The van der Waals surface area contributed by atoms with Crippen molar-refractivity contribution in [3.63, 3.8) is 0 Å². The number of methoxy groups -OCH3 is 1. The Morgan fingerprint density at radius 1 is 1.00 bits per heavy atom. The molecular formula is C14H32N2O3. The zero-order valence-electron chi connectivity index (χ0n) is 13.1. The van der Waals surface area contributed by atoms with Crippen molar-refractivity contribution in [3.05, 3.63) is 0 Å². The monoisotopic (exact) mass is 276 g/mol. The zero-order valence-corrected chi connectivity index (χ0v) is 13.1. The van der Waals surface area contributed by atoms with Crippen LogP contribution in [0.4, 0.5) is 0 Å². The van der Waals surface area contributed by atoms with Gasteiger partial charge in [0.2, 0.25) is 0 Å². The molecule has 5 heteroatoms. The van der Waals surface area contributed by atoms with Gasteiger partial charge in [-0.3, -0.25) is 4.90 Å². The number of hydrogen-bond donors (Lipinski definition) is 1. The average molecular weight is 276 g/mol. The number of nitrogens with zero attached hydrogens (tertiary/aromatic N) is 1. The topological polar surface area (TPSA) is 57.0 Å². The highest BCUT2D eigenvalue weighted by atomic mass is 16.5. The maximum atomic E-state index is 6.01. The summed E-state index contributed by atoms with van der Waals surface area (Å²) in [7, 11) is 1.73. The maximum absolute atomic E-state index is 6.01. The molecular weight excluding hydrogens is 244 g/mol. The van der Waals surface area contributed by atoms with Crippen LogP contribution >= 0.6 is 0 Å². The molecule has 19 heavy (non-hydrogen) atoms. The third-order valence-corrected chi connectivity index (χ3v) is 3.54. The van der Waals surface area contributed by atoms with Gasteiger partial charge in [0.25, 0.3) is 0 Å². The molecule has 0 aliphatic rings. The summed E-state index contributed by atoms with van der Waals surface area (Å²) in [5.74, 6) is 0. The van der Waals surface area contributed by atoms with E-state index in [1.807, 2.05) is 13.8 Å². The molecule has 0 aromatic rings. The molecule has 0 aliphatic heterocycles. The van der Waals surface area contributed by atoms with Crippen LogP contribution in [0, 0.1) is 0 Å². The minimum absolute atomic E-state index is 0.122. The Morgan fingerprint density at radius 3 is 1.84 bits per heavy atom. The molecule has 0 heterocycles. The lowest BCUT2D eigenvalue weighted by Gasteiger charge is -2.42. The lowest BCUT2D eigenvalue weighted by Crippen LogP contribution is -2.58. The van der Waals surface area contributed by atoms with Crippen molar-refractivity contribution in [3.8, 4) is 0 Å². The molecule has 0 rings (SSSR count). The van der Waals surface area contributed by atoms with Gasteiger partial charge in [0.15, 0.2) is 0 Å². The molecule has 0 bridgehead atoms. The van der Waals surface area contributed by atoms with Crippen LogP contribution in [0.5, 0.6) is 0 Å². The molecule has 0 spiro atoms. The van der Waals surface area contributed by atoms with E-state index in [9.17, 15) is 0 Å². The average Bonchev–Trinajstić information content (AvgIpc) is 2.44. The van der Waals surface area contributed by atoms with Gasteiger partial charge in [-0.2, -0.15) is 0 Å². The Balaban J connectivity index is 4.61. The Kier molecular flexibility index (Phi) is 11.5. The van der Waals surface area contributed by atoms with E-state index in [-0.39, 0.29) is 5.54 Å². The molecule has 0 saturated carbocycles. The van der Waals surface area contributed by atoms with Crippen LogP contribution in [0.25, 0.3) is 0 Å². The summed E-state index contributed by atoms with van der Waals surface area (Å²) in [6, 6.07) is 0. The number of nitrogens with two attached hydrogens (primary N) is 1. The summed E-state index contributed by atoms with van der Waals surface area (Å²) in [6.07, 6.45) is 0.954. The van der Waals surface area contributed by atoms with Crippen LogP contribution in [0.2, 0.25) is 0 Å². The van der Waals surface area contributed by atoms with E-state index in [2.05, 4.69) is 11.8 Å². The molecule has 116 valence electrons. The SMILES string of the molecule is CCOCCN(CCOCC)C(CC)(CN)COC. The minimum atomic E-state index is -0.122. The van der Waals surface area contributed by atoms with Crippen molar-refractivity contribution in [2.24, 2.45) is 5.73 Å². The van der Waals surface area contributed by atoms with Crippen molar-refractivity contribution in [1.82, 2.24) is 4.90 Å². The van der Waals surface area contributed by atoms with E-state index in [4.69, 9.17) is 19.9 Å². The molecule has 1 atom stereocenters. The second-order valence-electron chi connectivity index (χ2n) is 4.60. The van der Waals surface area contributed by atoms with Crippen LogP contribution in [-0.2, 0) is 14.2 Å². The van der Waals surface area contributed by atoms with Gasteiger partial charge in [-0.25, -0.2) is 0 Å². The van der Waals surface area contributed by atoms with E-state index in [0.717, 1.165) is 32.7 Å². The predicted molar refractivity (Wildman–Crippen MR) is 78.5 cm³/mol. The quantitative estimate of drug-likeness (QED) is 0.511.